The van der Waals surface area contributed by atoms with Crippen molar-refractivity contribution in [2.75, 3.05) is 0 Å². The number of halogens is 3. The quantitative estimate of drug-likeness (QED) is 0.812. The van der Waals surface area contributed by atoms with Gasteiger partial charge >= 0.3 is 0 Å². The van der Waals surface area contributed by atoms with Crippen molar-refractivity contribution in [2.45, 2.75) is 18.1 Å². The van der Waals surface area contributed by atoms with Gasteiger partial charge in [0.05, 0.1) is 15.7 Å². The zero-order valence-corrected chi connectivity index (χ0v) is 15.0. The molecule has 1 aliphatic heterocycles. The Kier molecular flexibility index (Phi) is 4.85. The van der Waals surface area contributed by atoms with Gasteiger partial charge in [-0.1, -0.05) is 47.1 Å². The minimum absolute atomic E-state index is 0.129. The Morgan fingerprint density at radius 3 is 2.54 bits per heavy atom. The van der Waals surface area contributed by atoms with Crippen LogP contribution in [0.3, 0.4) is 0 Å². The van der Waals surface area contributed by atoms with Crippen LogP contribution in [0, 0.1) is 5.82 Å². The zero-order valence-electron chi connectivity index (χ0n) is 12.6. The van der Waals surface area contributed by atoms with Crippen molar-refractivity contribution in [3.8, 4) is 0 Å². The normalized spacial score (nSPS) is 22.0. The lowest BCUT2D eigenvalue weighted by molar-refractivity contribution is -0.121. The number of rotatable bonds is 3. The van der Waals surface area contributed by atoms with Crippen LogP contribution in [0.25, 0.3) is 0 Å². The smallest absolute Gasteiger partial charge is 0.242 e. The summed E-state index contributed by atoms with van der Waals surface area (Å²) in [6, 6.07) is 11.2. The van der Waals surface area contributed by atoms with Crippen molar-refractivity contribution in [3.63, 3.8) is 0 Å². The summed E-state index contributed by atoms with van der Waals surface area (Å²) < 4.78 is 12.3. The summed E-state index contributed by atoms with van der Waals surface area (Å²) in [6.07, 6.45) is 0.476. The molecule has 1 N–H and O–H groups in total. The predicted octanol–water partition coefficient (Wildman–Crippen LogP) is 4.98. The first kappa shape index (κ1) is 17.3. The number of aliphatic imine (C=N–C) groups is 1. The fraction of sp³-hybridized carbons (Fsp3) is 0.176. The highest BCUT2D eigenvalue weighted by Crippen LogP contribution is 2.36. The molecule has 1 unspecified atom stereocenters. The number of benzene rings is 2. The molecule has 1 saturated heterocycles. The van der Waals surface area contributed by atoms with E-state index in [-0.39, 0.29) is 11.7 Å². The topological polar surface area (TPSA) is 41.5 Å². The molecule has 24 heavy (non-hydrogen) atoms. The number of amidine groups is 1. The van der Waals surface area contributed by atoms with E-state index in [9.17, 15) is 9.18 Å². The van der Waals surface area contributed by atoms with Gasteiger partial charge in [-0.05, 0) is 49.2 Å². The molecule has 1 heterocycles. The highest BCUT2D eigenvalue weighted by molar-refractivity contribution is 8.16. The zero-order chi connectivity index (χ0) is 17.3. The first-order valence-corrected chi connectivity index (χ1v) is 8.72. The third-order valence-electron chi connectivity index (χ3n) is 3.61. The lowest BCUT2D eigenvalue weighted by atomic mass is 9.99. The summed E-state index contributed by atoms with van der Waals surface area (Å²) >= 11 is 13.2. The van der Waals surface area contributed by atoms with Gasteiger partial charge < -0.3 is 5.32 Å². The van der Waals surface area contributed by atoms with Gasteiger partial charge in [0.15, 0.2) is 5.17 Å². The molecule has 0 aromatic heterocycles. The number of nitrogens with one attached hydrogen (secondary N) is 1. The first-order valence-electron chi connectivity index (χ1n) is 7.14. The number of thioether (sulfide) groups is 1. The molecule has 1 fully saturated rings. The summed E-state index contributed by atoms with van der Waals surface area (Å²) in [6.45, 7) is 1.84. The molecular formula is C17H13Cl2FN2OS. The first-order chi connectivity index (χ1) is 11.4. The minimum Gasteiger partial charge on any atom is -0.304 e. The maximum absolute atomic E-state index is 13.0. The number of carbonyl (C=O) groups excluding carboxylic acids is 1. The SMILES string of the molecule is CC1(Cc2ccc(F)cc2)SC(=Nc2ccc(Cl)c(Cl)c2)NC1=O. The van der Waals surface area contributed by atoms with E-state index in [1.165, 1.54) is 23.9 Å². The van der Waals surface area contributed by atoms with Crippen LogP contribution in [0.1, 0.15) is 12.5 Å². The Bertz CT molecular complexity index is 826. The molecule has 1 atom stereocenters. The fourth-order valence-electron chi connectivity index (χ4n) is 2.35. The van der Waals surface area contributed by atoms with Crippen molar-refractivity contribution < 1.29 is 9.18 Å². The van der Waals surface area contributed by atoms with Crippen LogP contribution < -0.4 is 5.32 Å². The molecule has 0 saturated carbocycles. The molecule has 3 nitrogen and oxygen atoms in total. The molecule has 1 amide bonds. The van der Waals surface area contributed by atoms with Crippen LogP contribution in [-0.2, 0) is 11.2 Å². The van der Waals surface area contributed by atoms with Gasteiger partial charge in [0.2, 0.25) is 5.91 Å². The number of nitrogens with zero attached hydrogens (tertiary/aromatic N) is 1. The van der Waals surface area contributed by atoms with Gasteiger partial charge in [-0.25, -0.2) is 9.38 Å². The molecule has 0 radical (unpaired) electrons. The van der Waals surface area contributed by atoms with Gasteiger partial charge in [0.25, 0.3) is 0 Å². The maximum Gasteiger partial charge on any atom is 0.242 e. The molecule has 2 aromatic rings. The summed E-state index contributed by atoms with van der Waals surface area (Å²) in [7, 11) is 0. The molecule has 0 spiro atoms. The Morgan fingerprint density at radius 2 is 1.88 bits per heavy atom. The molecule has 0 bridgehead atoms. The molecule has 3 rings (SSSR count). The molecular weight excluding hydrogens is 370 g/mol. The van der Waals surface area contributed by atoms with Gasteiger partial charge in [-0.3, -0.25) is 4.79 Å². The third kappa shape index (κ3) is 3.74. The van der Waals surface area contributed by atoms with E-state index in [0.717, 1.165) is 5.56 Å². The maximum atomic E-state index is 13.0. The van der Waals surface area contributed by atoms with Crippen molar-refractivity contribution in [2.24, 2.45) is 4.99 Å². The molecule has 2 aromatic carbocycles. The minimum atomic E-state index is -0.702. The largest absolute Gasteiger partial charge is 0.304 e. The van der Waals surface area contributed by atoms with E-state index in [2.05, 4.69) is 10.3 Å². The van der Waals surface area contributed by atoms with Crippen LogP contribution in [0.4, 0.5) is 10.1 Å². The monoisotopic (exact) mass is 382 g/mol. The van der Waals surface area contributed by atoms with Crippen molar-refractivity contribution in [1.82, 2.24) is 5.32 Å². The Labute approximate surface area is 153 Å². The van der Waals surface area contributed by atoms with Crippen molar-refractivity contribution in [1.29, 1.82) is 0 Å². The summed E-state index contributed by atoms with van der Waals surface area (Å²) in [5, 5.41) is 4.14. The van der Waals surface area contributed by atoms with E-state index < -0.39 is 4.75 Å². The fourth-order valence-corrected chi connectivity index (χ4v) is 3.74. The average molecular weight is 383 g/mol. The Balaban J connectivity index is 1.80. The van der Waals surface area contributed by atoms with E-state index in [1.54, 1.807) is 30.3 Å². The lowest BCUT2D eigenvalue weighted by Gasteiger charge is -2.18. The van der Waals surface area contributed by atoms with Crippen molar-refractivity contribution >= 4 is 51.7 Å². The van der Waals surface area contributed by atoms with Gasteiger partial charge in [0, 0.05) is 0 Å². The van der Waals surface area contributed by atoms with E-state index in [4.69, 9.17) is 23.2 Å². The highest BCUT2D eigenvalue weighted by Gasteiger charge is 2.42. The Morgan fingerprint density at radius 1 is 1.17 bits per heavy atom. The van der Waals surface area contributed by atoms with Crippen LogP contribution in [-0.4, -0.2) is 15.8 Å². The summed E-state index contributed by atoms with van der Waals surface area (Å²) in [5.74, 6) is -0.426. The standard InChI is InChI=1S/C17H13Cl2FN2OS/c1-17(9-10-2-4-11(20)5-3-10)15(23)22-16(24-17)21-12-6-7-13(18)14(19)8-12/h2-8H,9H2,1H3,(H,21,22,23). The van der Waals surface area contributed by atoms with Gasteiger partial charge in [-0.15, -0.1) is 0 Å². The van der Waals surface area contributed by atoms with Gasteiger partial charge in [0.1, 0.15) is 10.6 Å². The summed E-state index contributed by atoms with van der Waals surface area (Å²) in [5.41, 5.74) is 1.50. The molecule has 7 heteroatoms. The second-order valence-electron chi connectivity index (χ2n) is 5.61. The molecule has 0 aliphatic carbocycles. The van der Waals surface area contributed by atoms with Crippen LogP contribution in [0.15, 0.2) is 47.5 Å². The third-order valence-corrected chi connectivity index (χ3v) is 5.52. The number of carbonyl (C=O) groups is 1. The van der Waals surface area contributed by atoms with Gasteiger partial charge in [-0.2, -0.15) is 0 Å². The van der Waals surface area contributed by atoms with E-state index >= 15 is 0 Å². The number of hydrogen-bond donors (Lipinski definition) is 1. The van der Waals surface area contributed by atoms with Crippen molar-refractivity contribution in [3.05, 3.63) is 63.9 Å². The lowest BCUT2D eigenvalue weighted by Crippen LogP contribution is -2.35. The molecule has 124 valence electrons. The summed E-state index contributed by atoms with van der Waals surface area (Å²) in [4.78, 5) is 16.8. The predicted molar refractivity (Wildman–Crippen MR) is 97.8 cm³/mol. The number of hydrogen-bond acceptors (Lipinski definition) is 3. The average Bonchev–Trinajstić information content (AvgIpc) is 2.79. The van der Waals surface area contributed by atoms with Crippen LogP contribution in [0.2, 0.25) is 10.0 Å². The van der Waals surface area contributed by atoms with E-state index in [1.807, 2.05) is 6.92 Å². The van der Waals surface area contributed by atoms with E-state index in [0.29, 0.717) is 27.3 Å². The highest BCUT2D eigenvalue weighted by atomic mass is 35.5. The van der Waals surface area contributed by atoms with Crippen LogP contribution in [0.5, 0.6) is 0 Å². The number of amides is 1. The second-order valence-corrected chi connectivity index (χ2v) is 7.91. The molecule has 1 aliphatic rings. The Hall–Kier alpha value is -1.56. The van der Waals surface area contributed by atoms with Crippen LogP contribution >= 0.6 is 35.0 Å². The second kappa shape index (κ2) is 6.75.